The van der Waals surface area contributed by atoms with Gasteiger partial charge >= 0.3 is 0 Å². The Balaban J connectivity index is 2.85. The van der Waals surface area contributed by atoms with Crippen LogP contribution in [0.5, 0.6) is 0 Å². The molecule has 1 unspecified atom stereocenters. The summed E-state index contributed by atoms with van der Waals surface area (Å²) in [6.45, 7) is 3.41. The van der Waals surface area contributed by atoms with E-state index < -0.39 is 0 Å². The van der Waals surface area contributed by atoms with E-state index in [1.54, 1.807) is 6.07 Å². The normalized spacial score (nSPS) is 13.1. The highest BCUT2D eigenvalue weighted by Crippen LogP contribution is 2.30. The fourth-order valence-electron chi connectivity index (χ4n) is 2.04. The zero-order valence-corrected chi connectivity index (χ0v) is 11.6. The molecule has 0 aliphatic carbocycles. The minimum Gasteiger partial charge on any atom is -0.330 e. The molecule has 0 heterocycles. The molecule has 4 N–H and O–H groups in total. The highest BCUT2D eigenvalue weighted by molar-refractivity contribution is 6.34. The van der Waals surface area contributed by atoms with Crippen LogP contribution in [0.2, 0.25) is 10.0 Å². The molecule has 1 aromatic rings. The Morgan fingerprint density at radius 1 is 1.06 bits per heavy atom. The van der Waals surface area contributed by atoms with Gasteiger partial charge in [0.05, 0.1) is 0 Å². The number of hydrogen-bond acceptors (Lipinski definition) is 2. The van der Waals surface area contributed by atoms with Crippen molar-refractivity contribution < 1.29 is 0 Å². The zero-order chi connectivity index (χ0) is 12.8. The molecule has 1 atom stereocenters. The van der Waals surface area contributed by atoms with Crippen LogP contribution in [0.4, 0.5) is 0 Å². The Kier molecular flexibility index (Phi) is 6.28. The Morgan fingerprint density at radius 2 is 1.59 bits per heavy atom. The molecular weight excluding hydrogens is 255 g/mol. The minimum atomic E-state index is 0.359. The first-order valence-electron chi connectivity index (χ1n) is 5.96. The Labute approximate surface area is 113 Å². The number of nitrogens with two attached hydrogens (primary N) is 2. The minimum absolute atomic E-state index is 0.359. The maximum absolute atomic E-state index is 6.02. The third-order valence-electron chi connectivity index (χ3n) is 3.13. The smallest absolute Gasteiger partial charge is 0.0423 e. The van der Waals surface area contributed by atoms with Crippen molar-refractivity contribution in [1.82, 2.24) is 0 Å². The molecule has 0 aromatic heterocycles. The van der Waals surface area contributed by atoms with Crippen LogP contribution in [0.15, 0.2) is 18.2 Å². The van der Waals surface area contributed by atoms with Crippen LogP contribution >= 0.6 is 23.2 Å². The molecule has 1 aromatic carbocycles. The van der Waals surface area contributed by atoms with Gasteiger partial charge < -0.3 is 11.5 Å². The van der Waals surface area contributed by atoms with E-state index in [0.717, 1.165) is 12.8 Å². The van der Waals surface area contributed by atoms with E-state index in [9.17, 15) is 0 Å². The first-order valence-corrected chi connectivity index (χ1v) is 6.72. The summed E-state index contributed by atoms with van der Waals surface area (Å²) in [6, 6.07) is 5.71. The quantitative estimate of drug-likeness (QED) is 0.835. The van der Waals surface area contributed by atoms with E-state index in [2.05, 4.69) is 6.92 Å². The summed E-state index contributed by atoms with van der Waals surface area (Å²) >= 11 is 12.0. The zero-order valence-electron chi connectivity index (χ0n) is 10.1. The largest absolute Gasteiger partial charge is 0.330 e. The first kappa shape index (κ1) is 14.8. The summed E-state index contributed by atoms with van der Waals surface area (Å²) < 4.78 is 0. The second-order valence-corrected chi connectivity index (χ2v) is 5.25. The fraction of sp³-hybridized carbons (Fsp3) is 0.538. The standard InChI is InChI=1S/C13H20Cl2N2/c1-2-10(3-9(7-16)8-17)11-4-12(14)6-13(15)5-11/h4-6,9-10H,2-3,7-8,16-17H2,1H3. The predicted octanol–water partition coefficient (Wildman–Crippen LogP) is 3.41. The van der Waals surface area contributed by atoms with Gasteiger partial charge in [0, 0.05) is 10.0 Å². The van der Waals surface area contributed by atoms with E-state index in [-0.39, 0.29) is 0 Å². The average molecular weight is 275 g/mol. The second-order valence-electron chi connectivity index (χ2n) is 4.38. The van der Waals surface area contributed by atoms with E-state index in [1.807, 2.05) is 12.1 Å². The average Bonchev–Trinajstić information content (AvgIpc) is 2.29. The van der Waals surface area contributed by atoms with Gasteiger partial charge in [-0.1, -0.05) is 30.1 Å². The van der Waals surface area contributed by atoms with Gasteiger partial charge in [-0.2, -0.15) is 0 Å². The van der Waals surface area contributed by atoms with Crippen LogP contribution < -0.4 is 11.5 Å². The van der Waals surface area contributed by atoms with Crippen molar-refractivity contribution in [2.24, 2.45) is 17.4 Å². The van der Waals surface area contributed by atoms with E-state index in [4.69, 9.17) is 34.7 Å². The topological polar surface area (TPSA) is 52.0 Å². The number of halogens is 2. The van der Waals surface area contributed by atoms with Gasteiger partial charge in [-0.25, -0.2) is 0 Å². The van der Waals surface area contributed by atoms with Crippen LogP contribution in [-0.2, 0) is 0 Å². The van der Waals surface area contributed by atoms with Crippen molar-refractivity contribution in [3.63, 3.8) is 0 Å². The Morgan fingerprint density at radius 3 is 2.00 bits per heavy atom. The molecule has 1 rings (SSSR count). The van der Waals surface area contributed by atoms with Gasteiger partial charge in [0.1, 0.15) is 0 Å². The molecule has 0 saturated heterocycles. The lowest BCUT2D eigenvalue weighted by molar-refractivity contribution is 0.442. The Bertz CT molecular complexity index is 331. The van der Waals surface area contributed by atoms with Crippen LogP contribution in [0, 0.1) is 5.92 Å². The Hall–Kier alpha value is -0.280. The van der Waals surface area contributed by atoms with Gasteiger partial charge in [0.25, 0.3) is 0 Å². The van der Waals surface area contributed by atoms with Gasteiger partial charge in [-0.05, 0) is 61.5 Å². The molecule has 0 radical (unpaired) electrons. The van der Waals surface area contributed by atoms with Crippen molar-refractivity contribution in [1.29, 1.82) is 0 Å². The summed E-state index contributed by atoms with van der Waals surface area (Å²) in [4.78, 5) is 0. The van der Waals surface area contributed by atoms with Crippen LogP contribution in [0.25, 0.3) is 0 Å². The van der Waals surface area contributed by atoms with E-state index in [0.29, 0.717) is 35.0 Å². The van der Waals surface area contributed by atoms with Gasteiger partial charge in [0.15, 0.2) is 0 Å². The highest BCUT2D eigenvalue weighted by Gasteiger charge is 2.15. The molecule has 0 saturated carbocycles. The molecular formula is C13H20Cl2N2. The molecule has 0 amide bonds. The number of rotatable bonds is 6. The summed E-state index contributed by atoms with van der Waals surface area (Å²) in [6.07, 6.45) is 2.02. The van der Waals surface area contributed by atoms with Crippen molar-refractivity contribution in [2.45, 2.75) is 25.7 Å². The first-order chi connectivity index (χ1) is 8.10. The van der Waals surface area contributed by atoms with Crippen LogP contribution in [0.1, 0.15) is 31.2 Å². The molecule has 0 fully saturated rings. The summed E-state index contributed by atoms with van der Waals surface area (Å²) in [5.74, 6) is 0.779. The van der Waals surface area contributed by atoms with Crippen molar-refractivity contribution in [2.75, 3.05) is 13.1 Å². The van der Waals surface area contributed by atoms with Gasteiger partial charge in [0.2, 0.25) is 0 Å². The van der Waals surface area contributed by atoms with Crippen molar-refractivity contribution in [3.8, 4) is 0 Å². The molecule has 17 heavy (non-hydrogen) atoms. The molecule has 0 bridgehead atoms. The third-order valence-corrected chi connectivity index (χ3v) is 3.57. The monoisotopic (exact) mass is 274 g/mol. The summed E-state index contributed by atoms with van der Waals surface area (Å²) in [5, 5.41) is 1.37. The molecule has 0 aliphatic heterocycles. The molecule has 2 nitrogen and oxygen atoms in total. The molecule has 0 spiro atoms. The number of hydrogen-bond donors (Lipinski definition) is 2. The van der Waals surface area contributed by atoms with Crippen LogP contribution in [-0.4, -0.2) is 13.1 Å². The number of benzene rings is 1. The lowest BCUT2D eigenvalue weighted by Crippen LogP contribution is -2.25. The van der Waals surface area contributed by atoms with Crippen molar-refractivity contribution >= 4 is 23.2 Å². The van der Waals surface area contributed by atoms with Gasteiger partial charge in [-0.3, -0.25) is 0 Å². The predicted molar refractivity (Wildman–Crippen MR) is 75.7 cm³/mol. The highest BCUT2D eigenvalue weighted by atomic mass is 35.5. The maximum atomic E-state index is 6.02. The van der Waals surface area contributed by atoms with E-state index in [1.165, 1.54) is 5.56 Å². The van der Waals surface area contributed by atoms with Crippen molar-refractivity contribution in [3.05, 3.63) is 33.8 Å². The third kappa shape index (κ3) is 4.47. The molecule has 96 valence electrons. The second kappa shape index (κ2) is 7.22. The summed E-state index contributed by atoms with van der Waals surface area (Å²) in [5.41, 5.74) is 12.6. The fourth-order valence-corrected chi connectivity index (χ4v) is 2.58. The van der Waals surface area contributed by atoms with Crippen LogP contribution in [0.3, 0.4) is 0 Å². The molecule has 4 heteroatoms. The SMILES string of the molecule is CCC(CC(CN)CN)c1cc(Cl)cc(Cl)c1. The molecule has 0 aliphatic rings. The van der Waals surface area contributed by atoms with E-state index >= 15 is 0 Å². The lowest BCUT2D eigenvalue weighted by atomic mass is 9.87. The summed E-state index contributed by atoms with van der Waals surface area (Å²) in [7, 11) is 0. The maximum Gasteiger partial charge on any atom is 0.0423 e. The van der Waals surface area contributed by atoms with Gasteiger partial charge in [-0.15, -0.1) is 0 Å². The lowest BCUT2D eigenvalue weighted by Gasteiger charge is -2.21.